The van der Waals surface area contributed by atoms with E-state index in [1.165, 1.54) is 11.3 Å². The lowest BCUT2D eigenvalue weighted by molar-refractivity contribution is -0.139. The Morgan fingerprint density at radius 3 is 2.73 bits per heavy atom. The molecule has 0 saturated carbocycles. The molecule has 1 unspecified atom stereocenters. The zero-order valence-corrected chi connectivity index (χ0v) is 22.2. The average molecular weight is 519 g/mol. The summed E-state index contributed by atoms with van der Waals surface area (Å²) < 4.78 is 19.2. The first-order valence-corrected chi connectivity index (χ1v) is 12.9. The van der Waals surface area contributed by atoms with Crippen LogP contribution in [0.25, 0.3) is 6.08 Å². The number of hydrogen-bond donors (Lipinski definition) is 0. The van der Waals surface area contributed by atoms with Crippen molar-refractivity contribution in [2.45, 2.75) is 39.8 Å². The van der Waals surface area contributed by atoms with Crippen molar-refractivity contribution in [2.24, 2.45) is 4.99 Å². The van der Waals surface area contributed by atoms with Crippen LogP contribution in [0.4, 0.5) is 0 Å². The van der Waals surface area contributed by atoms with Gasteiger partial charge in [0.05, 0.1) is 28.5 Å². The Hall–Kier alpha value is -3.91. The highest BCUT2D eigenvalue weighted by Crippen LogP contribution is 2.36. The number of ether oxygens (including phenoxy) is 3. The van der Waals surface area contributed by atoms with Crippen LogP contribution >= 0.6 is 11.3 Å². The standard InChI is InChI=1S/C29H30N2O5S/c1-6-15-35-21-12-10-11-20(16-21)17-24-27(32)31-26(22-13-8-9-14-23(22)36-18(3)4)25(28(33)34-7-2)19(5)30-29(31)37-24/h6,8-14,16-18,26H,1,7,15H2,2-5H3/b24-17-. The third kappa shape index (κ3) is 5.59. The first-order chi connectivity index (χ1) is 17.8. The summed E-state index contributed by atoms with van der Waals surface area (Å²) in [6, 6.07) is 14.2. The van der Waals surface area contributed by atoms with Crippen molar-refractivity contribution in [1.29, 1.82) is 0 Å². The van der Waals surface area contributed by atoms with Crippen LogP contribution in [0.5, 0.6) is 11.5 Å². The molecule has 0 aliphatic carbocycles. The van der Waals surface area contributed by atoms with Crippen molar-refractivity contribution in [3.63, 3.8) is 0 Å². The number of carbonyl (C=O) groups excluding carboxylic acids is 1. The van der Waals surface area contributed by atoms with Crippen molar-refractivity contribution < 1.29 is 19.0 Å². The van der Waals surface area contributed by atoms with Gasteiger partial charge in [-0.25, -0.2) is 9.79 Å². The van der Waals surface area contributed by atoms with Crippen LogP contribution in [0.3, 0.4) is 0 Å². The number of nitrogens with zero attached hydrogens (tertiary/aromatic N) is 2. The van der Waals surface area contributed by atoms with E-state index in [1.807, 2.05) is 68.5 Å². The second-order valence-electron chi connectivity index (χ2n) is 8.68. The summed E-state index contributed by atoms with van der Waals surface area (Å²) in [4.78, 5) is 32.1. The summed E-state index contributed by atoms with van der Waals surface area (Å²) in [6.07, 6.45) is 3.39. The number of aromatic nitrogens is 1. The van der Waals surface area contributed by atoms with Gasteiger partial charge in [-0.15, -0.1) is 0 Å². The van der Waals surface area contributed by atoms with Crippen LogP contribution in [0.15, 0.2) is 82.2 Å². The molecule has 2 aromatic carbocycles. The number of thiazole rings is 1. The Morgan fingerprint density at radius 2 is 2.00 bits per heavy atom. The van der Waals surface area contributed by atoms with Gasteiger partial charge in [0.1, 0.15) is 24.1 Å². The average Bonchev–Trinajstić information content (AvgIpc) is 3.16. The van der Waals surface area contributed by atoms with Gasteiger partial charge in [-0.2, -0.15) is 0 Å². The number of hydrogen-bond acceptors (Lipinski definition) is 7. The summed E-state index contributed by atoms with van der Waals surface area (Å²) in [5.74, 6) is 0.773. The molecule has 4 rings (SSSR count). The van der Waals surface area contributed by atoms with Crippen molar-refractivity contribution in [1.82, 2.24) is 4.57 Å². The Labute approximate surface area is 219 Å². The summed E-state index contributed by atoms with van der Waals surface area (Å²) >= 11 is 1.27. The van der Waals surface area contributed by atoms with Crippen molar-refractivity contribution in [3.05, 3.63) is 103 Å². The lowest BCUT2D eigenvalue weighted by Gasteiger charge is -2.26. The maximum absolute atomic E-state index is 13.8. The molecule has 0 N–H and O–H groups in total. The van der Waals surface area contributed by atoms with Gasteiger partial charge >= 0.3 is 5.97 Å². The van der Waals surface area contributed by atoms with E-state index in [9.17, 15) is 9.59 Å². The summed E-state index contributed by atoms with van der Waals surface area (Å²) in [7, 11) is 0. The Kier molecular flexibility index (Phi) is 8.08. The maximum atomic E-state index is 13.8. The third-order valence-electron chi connectivity index (χ3n) is 5.62. The smallest absolute Gasteiger partial charge is 0.338 e. The molecular weight excluding hydrogens is 488 g/mol. The second-order valence-corrected chi connectivity index (χ2v) is 9.69. The SMILES string of the molecule is C=CCOc1cccc(/C=c2\sc3n(c2=O)C(c2ccccc2OC(C)C)C(C(=O)OCC)=C(C)N=3)c1. The number of rotatable bonds is 9. The molecule has 1 aromatic heterocycles. The number of benzene rings is 2. The molecule has 0 bridgehead atoms. The minimum atomic E-state index is -0.741. The predicted octanol–water partition coefficient (Wildman–Crippen LogP) is 4.15. The molecule has 0 saturated heterocycles. The normalized spacial score (nSPS) is 15.3. The largest absolute Gasteiger partial charge is 0.491 e. The van der Waals surface area contributed by atoms with Crippen molar-refractivity contribution in [2.75, 3.05) is 13.2 Å². The van der Waals surface area contributed by atoms with Crippen LogP contribution in [0.2, 0.25) is 0 Å². The van der Waals surface area contributed by atoms with Gasteiger partial charge in [0.2, 0.25) is 0 Å². The van der Waals surface area contributed by atoms with Gasteiger partial charge in [-0.1, -0.05) is 54.3 Å². The quantitative estimate of drug-likeness (QED) is 0.314. The van der Waals surface area contributed by atoms with E-state index < -0.39 is 12.0 Å². The monoisotopic (exact) mass is 518 g/mol. The summed E-state index contributed by atoms with van der Waals surface area (Å²) in [5.41, 5.74) is 2.09. The molecule has 1 aliphatic heterocycles. The molecule has 1 aliphatic rings. The molecule has 1 atom stereocenters. The van der Waals surface area contributed by atoms with Crippen LogP contribution < -0.4 is 24.4 Å². The molecule has 0 spiro atoms. The number of carbonyl (C=O) groups is 1. The fraction of sp³-hybridized carbons (Fsp3) is 0.276. The van der Waals surface area contributed by atoms with Gasteiger partial charge in [0.15, 0.2) is 4.80 Å². The zero-order valence-electron chi connectivity index (χ0n) is 21.4. The Morgan fingerprint density at radius 1 is 1.22 bits per heavy atom. The molecule has 192 valence electrons. The molecule has 3 aromatic rings. The van der Waals surface area contributed by atoms with Gasteiger partial charge in [-0.05, 0) is 57.5 Å². The molecule has 2 heterocycles. The van der Waals surface area contributed by atoms with E-state index in [1.54, 1.807) is 24.5 Å². The van der Waals surface area contributed by atoms with Crippen LogP contribution in [0, 0.1) is 0 Å². The highest BCUT2D eigenvalue weighted by molar-refractivity contribution is 7.07. The molecule has 7 nitrogen and oxygen atoms in total. The highest BCUT2D eigenvalue weighted by Gasteiger charge is 2.35. The highest BCUT2D eigenvalue weighted by atomic mass is 32.1. The maximum Gasteiger partial charge on any atom is 0.338 e. The number of esters is 1. The zero-order chi connectivity index (χ0) is 26.5. The summed E-state index contributed by atoms with van der Waals surface area (Å²) in [6.45, 7) is 11.7. The van der Waals surface area contributed by atoms with Gasteiger partial charge in [0, 0.05) is 5.56 Å². The van der Waals surface area contributed by atoms with Gasteiger partial charge < -0.3 is 14.2 Å². The summed E-state index contributed by atoms with van der Waals surface area (Å²) in [5, 5.41) is 0. The number of para-hydroxylation sites is 1. The number of allylic oxidation sites excluding steroid dienone is 1. The van der Waals surface area contributed by atoms with Gasteiger partial charge in [-0.3, -0.25) is 9.36 Å². The molecule has 0 radical (unpaired) electrons. The van der Waals surface area contributed by atoms with E-state index in [4.69, 9.17) is 14.2 Å². The van der Waals surface area contributed by atoms with Crippen molar-refractivity contribution >= 4 is 23.4 Å². The Balaban J connectivity index is 1.92. The minimum Gasteiger partial charge on any atom is -0.491 e. The molecular formula is C29H30N2O5S. The minimum absolute atomic E-state index is 0.0938. The molecule has 8 heteroatoms. The van der Waals surface area contributed by atoms with E-state index in [-0.39, 0.29) is 18.3 Å². The molecule has 0 fully saturated rings. The first-order valence-electron chi connectivity index (χ1n) is 12.1. The second kappa shape index (κ2) is 11.4. The lowest BCUT2D eigenvalue weighted by Crippen LogP contribution is -2.40. The first kappa shape index (κ1) is 26.2. The van der Waals surface area contributed by atoms with E-state index in [0.717, 1.165) is 5.56 Å². The fourth-order valence-electron chi connectivity index (χ4n) is 4.15. The third-order valence-corrected chi connectivity index (χ3v) is 6.60. The molecule has 37 heavy (non-hydrogen) atoms. The van der Waals surface area contributed by atoms with Crippen LogP contribution in [-0.4, -0.2) is 29.9 Å². The van der Waals surface area contributed by atoms with E-state index in [2.05, 4.69) is 11.6 Å². The Bertz CT molecular complexity index is 1530. The van der Waals surface area contributed by atoms with Crippen molar-refractivity contribution in [3.8, 4) is 11.5 Å². The van der Waals surface area contributed by atoms with E-state index in [0.29, 0.717) is 44.3 Å². The molecule has 0 amide bonds. The fourth-order valence-corrected chi connectivity index (χ4v) is 5.20. The van der Waals surface area contributed by atoms with E-state index >= 15 is 0 Å². The predicted molar refractivity (Wildman–Crippen MR) is 145 cm³/mol. The van der Waals surface area contributed by atoms with Crippen LogP contribution in [-0.2, 0) is 9.53 Å². The van der Waals surface area contributed by atoms with Gasteiger partial charge in [0.25, 0.3) is 5.56 Å². The van der Waals surface area contributed by atoms with Crippen LogP contribution in [0.1, 0.15) is 44.9 Å². The lowest BCUT2D eigenvalue weighted by atomic mass is 9.95. The number of fused-ring (bicyclic) bond motifs is 1. The topological polar surface area (TPSA) is 79.1 Å².